The monoisotopic (exact) mass is 397 g/mol. The van der Waals surface area contributed by atoms with Crippen LogP contribution in [0.3, 0.4) is 0 Å². The number of sulfone groups is 1. The van der Waals surface area contributed by atoms with Crippen molar-refractivity contribution in [2.75, 3.05) is 18.1 Å². The number of nitrogens with zero attached hydrogens (tertiary/aromatic N) is 1. The van der Waals surface area contributed by atoms with Crippen LogP contribution >= 0.6 is 0 Å². The molecule has 4 aliphatic rings. The molecule has 0 atom stereocenters. The van der Waals surface area contributed by atoms with Crippen LogP contribution in [0.5, 0.6) is 0 Å². The molecule has 4 nitrogen and oxygen atoms in total. The minimum absolute atomic E-state index is 0.0702. The molecular weight excluding hydrogens is 370 g/mol. The summed E-state index contributed by atoms with van der Waals surface area (Å²) in [5.41, 5.74) is 6.20. The van der Waals surface area contributed by atoms with Crippen molar-refractivity contribution in [1.82, 2.24) is 4.90 Å². The van der Waals surface area contributed by atoms with Crippen LogP contribution in [0.25, 0.3) is 0 Å². The molecule has 0 amide bonds. The Morgan fingerprint density at radius 1 is 1.14 bits per heavy atom. The van der Waals surface area contributed by atoms with Crippen molar-refractivity contribution >= 4 is 9.84 Å². The van der Waals surface area contributed by atoms with Crippen LogP contribution in [0.15, 0.2) is 77.1 Å². The maximum atomic E-state index is 12.1. The summed E-state index contributed by atoms with van der Waals surface area (Å²) in [6, 6.07) is 0. The van der Waals surface area contributed by atoms with Crippen LogP contribution in [0, 0.1) is 0 Å². The minimum Gasteiger partial charge on any atom is -0.494 e. The van der Waals surface area contributed by atoms with Crippen LogP contribution < -0.4 is 0 Å². The summed E-state index contributed by atoms with van der Waals surface area (Å²) in [5, 5.41) is 0. The molecule has 2 aliphatic heterocycles. The van der Waals surface area contributed by atoms with Gasteiger partial charge in [0.1, 0.15) is 5.76 Å². The van der Waals surface area contributed by atoms with Crippen LogP contribution in [-0.4, -0.2) is 37.5 Å². The van der Waals surface area contributed by atoms with Gasteiger partial charge in [-0.05, 0) is 55.6 Å². The Kier molecular flexibility index (Phi) is 5.74. The molecule has 28 heavy (non-hydrogen) atoms. The first kappa shape index (κ1) is 19.1. The summed E-state index contributed by atoms with van der Waals surface area (Å²) in [6.07, 6.45) is 23.1. The average molecular weight is 398 g/mol. The fourth-order valence-corrected chi connectivity index (χ4v) is 5.06. The van der Waals surface area contributed by atoms with E-state index in [2.05, 4.69) is 30.0 Å². The summed E-state index contributed by atoms with van der Waals surface area (Å²) in [6.45, 7) is 0.465. The van der Waals surface area contributed by atoms with E-state index in [1.165, 1.54) is 19.3 Å². The fourth-order valence-electron chi connectivity index (χ4n) is 4.01. The lowest BCUT2D eigenvalue weighted by Gasteiger charge is -2.24. The summed E-state index contributed by atoms with van der Waals surface area (Å²) >= 11 is 0. The van der Waals surface area contributed by atoms with Gasteiger partial charge in [-0.3, -0.25) is 0 Å². The number of rotatable bonds is 3. The topological polar surface area (TPSA) is 46.6 Å². The minimum atomic E-state index is -3.05. The number of allylic oxidation sites excluding steroid dienone is 6. The van der Waals surface area contributed by atoms with Crippen LogP contribution in [0.2, 0.25) is 0 Å². The van der Waals surface area contributed by atoms with Crippen molar-refractivity contribution in [3.05, 3.63) is 77.1 Å². The lowest BCUT2D eigenvalue weighted by atomic mass is 9.98. The molecule has 4 rings (SSSR count). The standard InChI is InChI=1S/C23H27NO3S/c25-28(26)17-14-23-22(11-4-5-15-24(23)16-18-28)19-7-6-10-21(13-12-19)27-20-8-2-1-3-9-20/h4-7,12-15,20H,1-3,8-10,16-18H2. The Morgan fingerprint density at radius 2 is 2.00 bits per heavy atom. The van der Waals surface area contributed by atoms with Crippen molar-refractivity contribution < 1.29 is 13.2 Å². The molecule has 2 aliphatic carbocycles. The van der Waals surface area contributed by atoms with Crippen molar-refractivity contribution in [2.24, 2.45) is 0 Å². The second kappa shape index (κ2) is 8.42. The quantitative estimate of drug-likeness (QED) is 0.665. The van der Waals surface area contributed by atoms with Gasteiger partial charge in [0.15, 0.2) is 9.84 Å². The van der Waals surface area contributed by atoms with Crippen LogP contribution in [0.1, 0.15) is 38.5 Å². The van der Waals surface area contributed by atoms with Gasteiger partial charge in [0.05, 0.1) is 23.3 Å². The Morgan fingerprint density at radius 3 is 2.86 bits per heavy atom. The number of fused-ring (bicyclic) bond motifs is 1. The Balaban J connectivity index is 1.60. The van der Waals surface area contributed by atoms with Gasteiger partial charge in [-0.25, -0.2) is 8.42 Å². The summed E-state index contributed by atoms with van der Waals surface area (Å²) < 4.78 is 30.4. The Labute approximate surface area is 167 Å². The molecule has 1 fully saturated rings. The molecule has 0 radical (unpaired) electrons. The second-order valence-corrected chi connectivity index (χ2v) is 9.89. The van der Waals surface area contributed by atoms with E-state index in [9.17, 15) is 8.42 Å². The average Bonchev–Trinajstić information content (AvgIpc) is 3.09. The van der Waals surface area contributed by atoms with Gasteiger partial charge >= 0.3 is 0 Å². The van der Waals surface area contributed by atoms with E-state index >= 15 is 0 Å². The highest BCUT2D eigenvalue weighted by molar-refractivity contribution is 7.91. The number of ether oxygens (including phenoxy) is 1. The molecule has 0 bridgehead atoms. The van der Waals surface area contributed by atoms with Crippen LogP contribution in [-0.2, 0) is 14.6 Å². The van der Waals surface area contributed by atoms with E-state index in [0.717, 1.165) is 41.9 Å². The highest BCUT2D eigenvalue weighted by Gasteiger charge is 2.23. The molecule has 0 unspecified atom stereocenters. The number of hydrogen-bond donors (Lipinski definition) is 0. The summed E-state index contributed by atoms with van der Waals surface area (Å²) in [5.74, 6) is 1.24. The van der Waals surface area contributed by atoms with Gasteiger partial charge < -0.3 is 9.64 Å². The molecular formula is C23H27NO3S. The van der Waals surface area contributed by atoms with Gasteiger partial charge in [-0.2, -0.15) is 0 Å². The molecule has 0 N–H and O–H groups in total. The zero-order chi connectivity index (χ0) is 19.4. The first-order valence-electron chi connectivity index (χ1n) is 10.2. The second-order valence-electron chi connectivity index (χ2n) is 7.66. The van der Waals surface area contributed by atoms with E-state index in [0.29, 0.717) is 12.6 Å². The maximum absolute atomic E-state index is 12.1. The van der Waals surface area contributed by atoms with Crippen molar-refractivity contribution in [1.29, 1.82) is 0 Å². The van der Waals surface area contributed by atoms with Gasteiger partial charge in [0, 0.05) is 24.7 Å². The van der Waals surface area contributed by atoms with E-state index in [4.69, 9.17) is 4.74 Å². The molecule has 2 heterocycles. The van der Waals surface area contributed by atoms with Crippen molar-refractivity contribution in [3.63, 3.8) is 0 Å². The smallest absolute Gasteiger partial charge is 0.155 e. The zero-order valence-electron chi connectivity index (χ0n) is 16.1. The molecule has 5 heteroatoms. The molecule has 0 saturated heterocycles. The number of hydrogen-bond acceptors (Lipinski definition) is 4. The lowest BCUT2D eigenvalue weighted by Crippen LogP contribution is -2.22. The first-order valence-corrected chi connectivity index (χ1v) is 12.0. The van der Waals surface area contributed by atoms with E-state index < -0.39 is 9.84 Å². The van der Waals surface area contributed by atoms with Gasteiger partial charge in [-0.1, -0.05) is 24.6 Å². The molecule has 148 valence electrons. The van der Waals surface area contributed by atoms with Gasteiger partial charge in [-0.15, -0.1) is 5.73 Å². The normalized spacial score (nSPS) is 24.8. The van der Waals surface area contributed by atoms with Crippen molar-refractivity contribution in [2.45, 2.75) is 44.6 Å². The molecule has 0 spiro atoms. The highest BCUT2D eigenvalue weighted by atomic mass is 32.2. The zero-order valence-corrected chi connectivity index (χ0v) is 17.0. The molecule has 1 saturated carbocycles. The molecule has 0 aromatic rings. The summed E-state index contributed by atoms with van der Waals surface area (Å²) in [4.78, 5) is 2.01. The highest BCUT2D eigenvalue weighted by Crippen LogP contribution is 2.30. The Hall–Kier alpha value is -2.23. The maximum Gasteiger partial charge on any atom is 0.155 e. The Bertz CT molecular complexity index is 934. The predicted octanol–water partition coefficient (Wildman–Crippen LogP) is 4.33. The third-order valence-electron chi connectivity index (χ3n) is 5.55. The summed E-state index contributed by atoms with van der Waals surface area (Å²) in [7, 11) is -3.05. The molecule has 0 aromatic heterocycles. The van der Waals surface area contributed by atoms with Gasteiger partial charge in [0.25, 0.3) is 0 Å². The van der Waals surface area contributed by atoms with Crippen molar-refractivity contribution in [3.8, 4) is 0 Å². The van der Waals surface area contributed by atoms with E-state index in [-0.39, 0.29) is 11.5 Å². The lowest BCUT2D eigenvalue weighted by molar-refractivity contribution is 0.0800. The van der Waals surface area contributed by atoms with Gasteiger partial charge in [0.2, 0.25) is 0 Å². The van der Waals surface area contributed by atoms with E-state index in [1.807, 2.05) is 29.3 Å². The van der Waals surface area contributed by atoms with E-state index in [1.54, 1.807) is 0 Å². The SMILES string of the molecule is O=S1(=O)CC=C2C(C3=CC=C(OC4CCCCC4)CC=C3)=C=CC=CN2CC1. The largest absolute Gasteiger partial charge is 0.494 e. The fraction of sp³-hybridized carbons (Fsp3) is 0.435. The molecule has 0 aromatic carbocycles. The third kappa shape index (κ3) is 4.60. The third-order valence-corrected chi connectivity index (χ3v) is 7.03. The predicted molar refractivity (Wildman–Crippen MR) is 112 cm³/mol. The van der Waals surface area contributed by atoms with Crippen LogP contribution in [0.4, 0.5) is 0 Å². The first-order chi connectivity index (χ1) is 13.6.